The zero-order valence-electron chi connectivity index (χ0n) is 10.1. The number of H-pyrrole nitrogens is 1. The summed E-state index contributed by atoms with van der Waals surface area (Å²) in [4.78, 5) is 18.0. The lowest BCUT2D eigenvalue weighted by Crippen LogP contribution is -2.33. The minimum absolute atomic E-state index is 0.185. The van der Waals surface area contributed by atoms with Crippen LogP contribution in [0.4, 0.5) is 5.82 Å². The highest BCUT2D eigenvalue weighted by Gasteiger charge is 2.29. The molecule has 2 heterocycles. The van der Waals surface area contributed by atoms with E-state index in [0.717, 1.165) is 19.4 Å². The third-order valence-electron chi connectivity index (χ3n) is 2.94. The number of anilines is 1. The van der Waals surface area contributed by atoms with Gasteiger partial charge in [-0.2, -0.15) is 0 Å². The summed E-state index contributed by atoms with van der Waals surface area (Å²) >= 11 is 0. The predicted octanol–water partition coefficient (Wildman–Crippen LogP) is 0.759. The van der Waals surface area contributed by atoms with Gasteiger partial charge in [-0.1, -0.05) is 0 Å². The second-order valence-electron chi connectivity index (χ2n) is 4.37. The number of aromatic amines is 1. The lowest BCUT2D eigenvalue weighted by atomic mass is 10.0. The Morgan fingerprint density at radius 3 is 3.18 bits per heavy atom. The number of rotatable bonds is 4. The standard InChI is InChI=1S/C11H17N3O3/c1-11(4-3-5-17-11)6-12-9-8(16-2)10(15)14-7-13-9/h7H,3-6H2,1-2H3,(H2,12,13,14,15). The Labute approximate surface area is 99.4 Å². The Kier molecular flexibility index (Phi) is 3.33. The molecule has 0 radical (unpaired) electrons. The maximum absolute atomic E-state index is 11.5. The van der Waals surface area contributed by atoms with Crippen molar-refractivity contribution in [1.29, 1.82) is 0 Å². The fourth-order valence-corrected chi connectivity index (χ4v) is 1.95. The number of methoxy groups -OCH3 is 1. The monoisotopic (exact) mass is 239 g/mol. The van der Waals surface area contributed by atoms with Crippen LogP contribution in [0.5, 0.6) is 5.75 Å². The third-order valence-corrected chi connectivity index (χ3v) is 2.94. The highest BCUT2D eigenvalue weighted by molar-refractivity contribution is 5.48. The molecule has 0 aliphatic carbocycles. The Balaban J connectivity index is 2.08. The van der Waals surface area contributed by atoms with Gasteiger partial charge in [-0.15, -0.1) is 0 Å². The third kappa shape index (κ3) is 2.58. The van der Waals surface area contributed by atoms with Gasteiger partial charge in [-0.05, 0) is 19.8 Å². The van der Waals surface area contributed by atoms with Crippen molar-refractivity contribution < 1.29 is 9.47 Å². The van der Waals surface area contributed by atoms with Crippen molar-refractivity contribution in [1.82, 2.24) is 9.97 Å². The maximum Gasteiger partial charge on any atom is 0.295 e. The average molecular weight is 239 g/mol. The van der Waals surface area contributed by atoms with Crippen LogP contribution in [0.15, 0.2) is 11.1 Å². The molecule has 0 amide bonds. The van der Waals surface area contributed by atoms with Gasteiger partial charge in [0.2, 0.25) is 5.75 Å². The van der Waals surface area contributed by atoms with Crippen molar-refractivity contribution in [3.05, 3.63) is 16.7 Å². The summed E-state index contributed by atoms with van der Waals surface area (Å²) in [5.74, 6) is 0.655. The van der Waals surface area contributed by atoms with Crippen LogP contribution >= 0.6 is 0 Å². The first-order valence-electron chi connectivity index (χ1n) is 5.64. The summed E-state index contributed by atoms with van der Waals surface area (Å²) in [6, 6.07) is 0. The molecule has 0 bridgehead atoms. The van der Waals surface area contributed by atoms with Crippen LogP contribution in [-0.2, 0) is 4.74 Å². The first-order valence-corrected chi connectivity index (χ1v) is 5.64. The van der Waals surface area contributed by atoms with Crippen LogP contribution in [0.2, 0.25) is 0 Å². The summed E-state index contributed by atoms with van der Waals surface area (Å²) in [5, 5.41) is 3.11. The molecule has 6 heteroatoms. The number of nitrogens with zero attached hydrogens (tertiary/aromatic N) is 1. The van der Waals surface area contributed by atoms with Crippen molar-refractivity contribution in [2.24, 2.45) is 0 Å². The predicted molar refractivity (Wildman–Crippen MR) is 63.5 cm³/mol. The van der Waals surface area contributed by atoms with Gasteiger partial charge in [-0.3, -0.25) is 4.79 Å². The zero-order chi connectivity index (χ0) is 12.3. The minimum Gasteiger partial charge on any atom is -0.489 e. The molecule has 1 unspecified atom stereocenters. The van der Waals surface area contributed by atoms with E-state index in [4.69, 9.17) is 9.47 Å². The molecule has 0 spiro atoms. The van der Waals surface area contributed by atoms with Gasteiger partial charge >= 0.3 is 0 Å². The van der Waals surface area contributed by atoms with Crippen LogP contribution in [-0.4, -0.2) is 35.8 Å². The molecular weight excluding hydrogens is 222 g/mol. The van der Waals surface area contributed by atoms with Crippen LogP contribution in [0.25, 0.3) is 0 Å². The van der Waals surface area contributed by atoms with E-state index < -0.39 is 0 Å². The summed E-state index contributed by atoms with van der Waals surface area (Å²) < 4.78 is 10.7. The van der Waals surface area contributed by atoms with Crippen molar-refractivity contribution >= 4 is 5.82 Å². The maximum atomic E-state index is 11.5. The zero-order valence-corrected chi connectivity index (χ0v) is 10.1. The number of hydrogen-bond donors (Lipinski definition) is 2. The van der Waals surface area contributed by atoms with Gasteiger partial charge in [0.05, 0.1) is 19.0 Å². The molecule has 1 aromatic rings. The highest BCUT2D eigenvalue weighted by atomic mass is 16.5. The molecule has 1 aliphatic rings. The van der Waals surface area contributed by atoms with Gasteiger partial charge in [0.1, 0.15) is 0 Å². The fraction of sp³-hybridized carbons (Fsp3) is 0.636. The lowest BCUT2D eigenvalue weighted by molar-refractivity contribution is 0.0314. The molecule has 1 saturated heterocycles. The molecular formula is C11H17N3O3. The molecule has 17 heavy (non-hydrogen) atoms. The van der Waals surface area contributed by atoms with Crippen molar-refractivity contribution in [2.45, 2.75) is 25.4 Å². The van der Waals surface area contributed by atoms with Crippen LogP contribution < -0.4 is 15.6 Å². The number of aromatic nitrogens is 2. The van der Waals surface area contributed by atoms with Crippen LogP contribution in [0.1, 0.15) is 19.8 Å². The van der Waals surface area contributed by atoms with E-state index in [2.05, 4.69) is 15.3 Å². The van der Waals surface area contributed by atoms with E-state index >= 15 is 0 Å². The first kappa shape index (κ1) is 11.9. The van der Waals surface area contributed by atoms with E-state index in [1.165, 1.54) is 13.4 Å². The number of nitrogens with one attached hydrogen (secondary N) is 2. The molecule has 2 rings (SSSR count). The Morgan fingerprint density at radius 2 is 2.53 bits per heavy atom. The summed E-state index contributed by atoms with van der Waals surface area (Å²) in [7, 11) is 1.45. The molecule has 0 saturated carbocycles. The Morgan fingerprint density at radius 1 is 1.71 bits per heavy atom. The SMILES string of the molecule is COc1c(NCC2(C)CCCO2)nc[nH]c1=O. The summed E-state index contributed by atoms with van der Waals surface area (Å²) in [6.45, 7) is 3.45. The van der Waals surface area contributed by atoms with Crippen LogP contribution in [0, 0.1) is 0 Å². The largest absolute Gasteiger partial charge is 0.489 e. The lowest BCUT2D eigenvalue weighted by Gasteiger charge is -2.23. The fourth-order valence-electron chi connectivity index (χ4n) is 1.95. The normalized spacial score (nSPS) is 23.6. The van der Waals surface area contributed by atoms with E-state index in [9.17, 15) is 4.79 Å². The quantitative estimate of drug-likeness (QED) is 0.811. The van der Waals surface area contributed by atoms with Gasteiger partial charge in [0, 0.05) is 13.2 Å². The topological polar surface area (TPSA) is 76.2 Å². The summed E-state index contributed by atoms with van der Waals surface area (Å²) in [6.07, 6.45) is 3.43. The van der Waals surface area contributed by atoms with Crippen molar-refractivity contribution in [3.8, 4) is 5.75 Å². The molecule has 94 valence electrons. The van der Waals surface area contributed by atoms with Gasteiger partial charge in [0.25, 0.3) is 5.56 Å². The molecule has 6 nitrogen and oxygen atoms in total. The molecule has 2 N–H and O–H groups in total. The van der Waals surface area contributed by atoms with E-state index in [1.807, 2.05) is 6.92 Å². The summed E-state index contributed by atoms with van der Waals surface area (Å²) in [5.41, 5.74) is -0.475. The minimum atomic E-state index is -0.289. The van der Waals surface area contributed by atoms with Crippen molar-refractivity contribution in [2.75, 3.05) is 25.6 Å². The van der Waals surface area contributed by atoms with Gasteiger partial charge in [-0.25, -0.2) is 4.98 Å². The highest BCUT2D eigenvalue weighted by Crippen LogP contribution is 2.26. The smallest absolute Gasteiger partial charge is 0.295 e. The molecule has 0 aromatic carbocycles. The first-order chi connectivity index (χ1) is 8.14. The number of hydrogen-bond acceptors (Lipinski definition) is 5. The van der Waals surface area contributed by atoms with E-state index in [0.29, 0.717) is 12.4 Å². The molecule has 1 atom stereocenters. The second kappa shape index (κ2) is 4.75. The van der Waals surface area contributed by atoms with Gasteiger partial charge < -0.3 is 19.8 Å². The number of ether oxygens (including phenoxy) is 2. The van der Waals surface area contributed by atoms with Crippen molar-refractivity contribution in [3.63, 3.8) is 0 Å². The Hall–Kier alpha value is -1.56. The molecule has 1 aromatic heterocycles. The Bertz CT molecular complexity index is 438. The second-order valence-corrected chi connectivity index (χ2v) is 4.37. The average Bonchev–Trinajstić information content (AvgIpc) is 2.74. The van der Waals surface area contributed by atoms with Crippen LogP contribution in [0.3, 0.4) is 0 Å². The molecule has 1 aliphatic heterocycles. The van der Waals surface area contributed by atoms with Gasteiger partial charge in [0.15, 0.2) is 5.82 Å². The van der Waals surface area contributed by atoms with E-state index in [1.54, 1.807) is 0 Å². The van der Waals surface area contributed by atoms with E-state index in [-0.39, 0.29) is 16.9 Å². The molecule has 1 fully saturated rings.